The summed E-state index contributed by atoms with van der Waals surface area (Å²) in [5.41, 5.74) is 2.68. The lowest BCUT2D eigenvalue weighted by molar-refractivity contribution is 0.623. The van der Waals surface area contributed by atoms with Crippen LogP contribution in [0.1, 0.15) is 43.0 Å². The van der Waals surface area contributed by atoms with Crippen LogP contribution >= 0.6 is 0 Å². The second-order valence-electron chi connectivity index (χ2n) is 6.42. The first kappa shape index (κ1) is 18.0. The first-order chi connectivity index (χ1) is 11.2. The highest BCUT2D eigenvalue weighted by Crippen LogP contribution is 2.21. The monoisotopic (exact) mass is 342 g/mol. The van der Waals surface area contributed by atoms with Crippen molar-refractivity contribution >= 4 is 16.7 Å². The van der Waals surface area contributed by atoms with Gasteiger partial charge in [-0.15, -0.1) is 0 Å². The molecular formula is C19H19FN2OS. The summed E-state index contributed by atoms with van der Waals surface area (Å²) in [6, 6.07) is 13.7. The third-order valence-corrected chi connectivity index (χ3v) is 4.86. The average molecular weight is 342 g/mol. The van der Waals surface area contributed by atoms with Crippen molar-refractivity contribution in [3.63, 3.8) is 0 Å². The van der Waals surface area contributed by atoms with Crippen LogP contribution in [-0.2, 0) is 11.0 Å². The lowest BCUT2D eigenvalue weighted by Crippen LogP contribution is -2.21. The van der Waals surface area contributed by atoms with E-state index in [1.807, 2.05) is 52.0 Å². The SMILES string of the molecule is Cc1ccccc1/C(=N/S(=O)C(C)(C)C)c1ccc(C#N)c(F)c1. The fourth-order valence-corrected chi connectivity index (χ4v) is 2.71. The van der Waals surface area contributed by atoms with Crippen molar-refractivity contribution in [3.05, 3.63) is 70.5 Å². The van der Waals surface area contributed by atoms with Crippen LogP contribution in [0.3, 0.4) is 0 Å². The minimum Gasteiger partial charge on any atom is -0.234 e. The molecule has 0 bridgehead atoms. The maximum absolute atomic E-state index is 14.0. The van der Waals surface area contributed by atoms with E-state index in [-0.39, 0.29) is 5.56 Å². The predicted molar refractivity (Wildman–Crippen MR) is 95.8 cm³/mol. The fourth-order valence-electron chi connectivity index (χ4n) is 2.07. The molecule has 124 valence electrons. The van der Waals surface area contributed by atoms with Crippen molar-refractivity contribution in [2.45, 2.75) is 32.4 Å². The van der Waals surface area contributed by atoms with Gasteiger partial charge in [-0.05, 0) is 45.4 Å². The molecule has 5 heteroatoms. The summed E-state index contributed by atoms with van der Waals surface area (Å²) < 4.78 is 30.4. The van der Waals surface area contributed by atoms with Gasteiger partial charge in [-0.25, -0.2) is 8.60 Å². The van der Waals surface area contributed by atoms with Crippen molar-refractivity contribution < 1.29 is 8.60 Å². The molecule has 0 aliphatic heterocycles. The molecule has 0 spiro atoms. The summed E-state index contributed by atoms with van der Waals surface area (Å²) in [4.78, 5) is 0. The van der Waals surface area contributed by atoms with Gasteiger partial charge in [0.05, 0.1) is 16.0 Å². The summed E-state index contributed by atoms with van der Waals surface area (Å²) in [5, 5.41) is 8.89. The Morgan fingerprint density at radius 2 is 1.88 bits per heavy atom. The summed E-state index contributed by atoms with van der Waals surface area (Å²) in [6.07, 6.45) is 0. The Balaban J connectivity index is 2.67. The first-order valence-corrected chi connectivity index (χ1v) is 8.61. The highest BCUT2D eigenvalue weighted by Gasteiger charge is 2.21. The minimum absolute atomic E-state index is 0.0279. The number of hydrogen-bond donors (Lipinski definition) is 0. The van der Waals surface area contributed by atoms with Gasteiger partial charge in [-0.2, -0.15) is 9.66 Å². The van der Waals surface area contributed by atoms with Crippen LogP contribution in [0.5, 0.6) is 0 Å². The Bertz CT molecular complexity index is 860. The zero-order chi connectivity index (χ0) is 17.9. The topological polar surface area (TPSA) is 53.2 Å². The van der Waals surface area contributed by atoms with Crippen LogP contribution in [0.4, 0.5) is 4.39 Å². The van der Waals surface area contributed by atoms with E-state index in [1.54, 1.807) is 12.1 Å². The maximum atomic E-state index is 14.0. The quantitative estimate of drug-likeness (QED) is 0.781. The number of nitrogens with zero attached hydrogens (tertiary/aromatic N) is 2. The number of rotatable bonds is 3. The summed E-state index contributed by atoms with van der Waals surface area (Å²) in [6.45, 7) is 7.43. The van der Waals surface area contributed by atoms with E-state index in [0.29, 0.717) is 11.3 Å². The molecule has 0 aliphatic carbocycles. The van der Waals surface area contributed by atoms with Gasteiger partial charge >= 0.3 is 0 Å². The molecule has 0 N–H and O–H groups in total. The molecule has 2 aromatic carbocycles. The second kappa shape index (κ2) is 7.06. The first-order valence-electron chi connectivity index (χ1n) is 7.50. The summed E-state index contributed by atoms with van der Waals surface area (Å²) >= 11 is 0. The van der Waals surface area contributed by atoms with Crippen molar-refractivity contribution in [1.29, 1.82) is 5.26 Å². The van der Waals surface area contributed by atoms with Gasteiger partial charge in [0.1, 0.15) is 22.9 Å². The molecule has 0 heterocycles. The van der Waals surface area contributed by atoms with E-state index >= 15 is 0 Å². The predicted octanol–water partition coefficient (Wildman–Crippen LogP) is 4.31. The number of nitriles is 1. The fraction of sp³-hybridized carbons (Fsp3) is 0.263. The number of halogens is 1. The molecular weight excluding hydrogens is 323 g/mol. The Labute approximate surface area is 144 Å². The normalized spacial score (nSPS) is 13.4. The summed E-state index contributed by atoms with van der Waals surface area (Å²) in [5.74, 6) is -0.613. The van der Waals surface area contributed by atoms with Gasteiger partial charge in [0.15, 0.2) is 0 Å². The highest BCUT2D eigenvalue weighted by molar-refractivity contribution is 7.85. The van der Waals surface area contributed by atoms with Crippen LogP contribution < -0.4 is 0 Å². The van der Waals surface area contributed by atoms with Gasteiger partial charge in [0, 0.05) is 11.1 Å². The van der Waals surface area contributed by atoms with E-state index in [9.17, 15) is 8.60 Å². The van der Waals surface area contributed by atoms with Crippen LogP contribution in [0.15, 0.2) is 46.9 Å². The largest absolute Gasteiger partial charge is 0.234 e. The van der Waals surface area contributed by atoms with Crippen molar-refractivity contribution in [2.24, 2.45) is 4.40 Å². The van der Waals surface area contributed by atoms with Crippen LogP contribution in [0, 0.1) is 24.1 Å². The van der Waals surface area contributed by atoms with E-state index < -0.39 is 21.5 Å². The molecule has 0 aromatic heterocycles. The maximum Gasteiger partial charge on any atom is 0.145 e. The Hall–Kier alpha value is -2.32. The molecule has 3 nitrogen and oxygen atoms in total. The Kier molecular flexibility index (Phi) is 5.30. The third kappa shape index (κ3) is 3.95. The zero-order valence-corrected chi connectivity index (χ0v) is 14.9. The van der Waals surface area contributed by atoms with E-state index in [1.165, 1.54) is 12.1 Å². The average Bonchev–Trinajstić information content (AvgIpc) is 2.52. The van der Waals surface area contributed by atoms with E-state index in [4.69, 9.17) is 5.26 Å². The lowest BCUT2D eigenvalue weighted by Gasteiger charge is -2.16. The van der Waals surface area contributed by atoms with Crippen LogP contribution in [0.2, 0.25) is 0 Å². The molecule has 0 saturated carbocycles. The van der Waals surface area contributed by atoms with Crippen molar-refractivity contribution in [1.82, 2.24) is 0 Å². The van der Waals surface area contributed by atoms with Crippen molar-refractivity contribution in [3.8, 4) is 6.07 Å². The van der Waals surface area contributed by atoms with Crippen molar-refractivity contribution in [2.75, 3.05) is 0 Å². The molecule has 2 aromatic rings. The second-order valence-corrected chi connectivity index (χ2v) is 8.33. The molecule has 0 amide bonds. The smallest absolute Gasteiger partial charge is 0.145 e. The lowest BCUT2D eigenvalue weighted by atomic mass is 9.97. The van der Waals surface area contributed by atoms with Crippen LogP contribution in [0.25, 0.3) is 0 Å². The molecule has 1 unspecified atom stereocenters. The van der Waals surface area contributed by atoms with Crippen LogP contribution in [-0.4, -0.2) is 14.7 Å². The minimum atomic E-state index is -1.49. The molecule has 24 heavy (non-hydrogen) atoms. The molecule has 0 aliphatic rings. The zero-order valence-electron chi connectivity index (χ0n) is 14.1. The van der Waals surface area contributed by atoms with Gasteiger partial charge < -0.3 is 0 Å². The molecule has 1 atom stereocenters. The highest BCUT2D eigenvalue weighted by atomic mass is 32.2. The van der Waals surface area contributed by atoms with Gasteiger partial charge in [-0.3, -0.25) is 0 Å². The number of benzene rings is 2. The van der Waals surface area contributed by atoms with Gasteiger partial charge in [-0.1, -0.05) is 30.3 Å². The Morgan fingerprint density at radius 3 is 2.42 bits per heavy atom. The molecule has 0 radical (unpaired) electrons. The number of hydrogen-bond acceptors (Lipinski definition) is 2. The number of aryl methyl sites for hydroxylation is 1. The van der Waals surface area contributed by atoms with E-state index in [0.717, 1.165) is 11.1 Å². The molecule has 0 saturated heterocycles. The molecule has 0 fully saturated rings. The molecule has 2 rings (SSSR count). The van der Waals surface area contributed by atoms with Gasteiger partial charge in [0.2, 0.25) is 0 Å². The standard InChI is InChI=1S/C19H19FN2OS/c1-13-7-5-6-8-16(13)18(22-24(23)19(2,3)4)14-9-10-15(12-21)17(20)11-14/h5-11H,1-4H3/b22-18+. The summed E-state index contributed by atoms with van der Waals surface area (Å²) in [7, 11) is -1.49. The third-order valence-electron chi connectivity index (χ3n) is 3.46. The van der Waals surface area contributed by atoms with Gasteiger partial charge in [0.25, 0.3) is 0 Å². The van der Waals surface area contributed by atoms with E-state index in [2.05, 4.69) is 4.40 Å². The Morgan fingerprint density at radius 1 is 1.21 bits per heavy atom.